The molecule has 3 rings (SSSR count). The summed E-state index contributed by atoms with van der Waals surface area (Å²) in [6.45, 7) is 3.87. The van der Waals surface area contributed by atoms with Gasteiger partial charge in [-0.2, -0.15) is 0 Å². The summed E-state index contributed by atoms with van der Waals surface area (Å²) in [6.07, 6.45) is 2.26. The van der Waals surface area contributed by atoms with Crippen LogP contribution >= 0.6 is 27.7 Å². The number of hydrogen-bond donors (Lipinski definition) is 1. The maximum absolute atomic E-state index is 10.7. The Bertz CT molecular complexity index is 1030. The molecule has 0 heterocycles. The molecule has 0 saturated heterocycles. The van der Waals surface area contributed by atoms with Gasteiger partial charge in [0.15, 0.2) is 6.61 Å². The SMILES string of the molecule is Cc1cccc(C(=CCSc2ccc(OCC(=O)O)cc2Br)c2cccc(C)c2)c1. The van der Waals surface area contributed by atoms with Crippen molar-refractivity contribution in [2.75, 3.05) is 12.4 Å². The molecule has 3 nitrogen and oxygen atoms in total. The lowest BCUT2D eigenvalue weighted by atomic mass is 9.95. The first-order valence-electron chi connectivity index (χ1n) is 9.53. The van der Waals surface area contributed by atoms with Gasteiger partial charge in [0.2, 0.25) is 0 Å². The largest absolute Gasteiger partial charge is 0.482 e. The number of carbonyl (C=O) groups is 1. The average Bonchev–Trinajstić information content (AvgIpc) is 2.71. The minimum atomic E-state index is -0.991. The van der Waals surface area contributed by atoms with Gasteiger partial charge in [-0.05, 0) is 64.7 Å². The van der Waals surface area contributed by atoms with Crippen molar-refractivity contribution >= 4 is 39.2 Å². The van der Waals surface area contributed by atoms with E-state index in [1.165, 1.54) is 27.8 Å². The summed E-state index contributed by atoms with van der Waals surface area (Å²) < 4.78 is 6.12. The van der Waals surface area contributed by atoms with E-state index >= 15 is 0 Å². The number of halogens is 1. The van der Waals surface area contributed by atoms with Gasteiger partial charge in [-0.3, -0.25) is 0 Å². The number of thioether (sulfide) groups is 1. The Morgan fingerprint density at radius 3 is 2.17 bits per heavy atom. The number of carboxylic acid groups (broad SMARTS) is 1. The van der Waals surface area contributed by atoms with Crippen molar-refractivity contribution in [2.45, 2.75) is 18.7 Å². The number of ether oxygens (including phenoxy) is 1. The monoisotopic (exact) mass is 482 g/mol. The molecule has 30 heavy (non-hydrogen) atoms. The van der Waals surface area contributed by atoms with Crippen LogP contribution in [-0.2, 0) is 4.79 Å². The Morgan fingerprint density at radius 1 is 1.00 bits per heavy atom. The lowest BCUT2D eigenvalue weighted by Gasteiger charge is -2.11. The molecule has 0 spiro atoms. The Kier molecular flexibility index (Phi) is 7.77. The second-order valence-corrected chi connectivity index (χ2v) is 8.86. The molecule has 5 heteroatoms. The highest BCUT2D eigenvalue weighted by atomic mass is 79.9. The van der Waals surface area contributed by atoms with Gasteiger partial charge >= 0.3 is 5.97 Å². The number of hydrogen-bond acceptors (Lipinski definition) is 3. The molecule has 0 aliphatic heterocycles. The highest BCUT2D eigenvalue weighted by molar-refractivity contribution is 9.10. The third kappa shape index (κ3) is 6.25. The molecule has 0 radical (unpaired) electrons. The van der Waals surface area contributed by atoms with Gasteiger partial charge in [0.1, 0.15) is 5.75 Å². The first kappa shape index (κ1) is 22.2. The van der Waals surface area contributed by atoms with E-state index in [2.05, 4.69) is 84.4 Å². The van der Waals surface area contributed by atoms with Crippen molar-refractivity contribution in [3.63, 3.8) is 0 Å². The summed E-state index contributed by atoms with van der Waals surface area (Å²) in [4.78, 5) is 11.7. The molecule has 0 aliphatic carbocycles. The third-order valence-electron chi connectivity index (χ3n) is 4.45. The van der Waals surface area contributed by atoms with Gasteiger partial charge in [0, 0.05) is 15.1 Å². The van der Waals surface area contributed by atoms with E-state index < -0.39 is 5.97 Å². The fourth-order valence-electron chi connectivity index (χ4n) is 3.08. The molecule has 0 unspecified atom stereocenters. The van der Waals surface area contributed by atoms with E-state index in [9.17, 15) is 4.79 Å². The van der Waals surface area contributed by atoms with Gasteiger partial charge in [0.25, 0.3) is 0 Å². The summed E-state index contributed by atoms with van der Waals surface area (Å²) in [5, 5.41) is 8.74. The Labute approximate surface area is 189 Å². The quantitative estimate of drug-likeness (QED) is 0.360. The molecule has 0 saturated carbocycles. The van der Waals surface area contributed by atoms with Gasteiger partial charge in [-0.25, -0.2) is 4.79 Å². The van der Waals surface area contributed by atoms with Crippen LogP contribution in [-0.4, -0.2) is 23.4 Å². The molecule has 1 N–H and O–H groups in total. The minimum absolute atomic E-state index is 0.349. The summed E-state index contributed by atoms with van der Waals surface area (Å²) in [5.41, 5.74) is 6.10. The predicted molar refractivity (Wildman–Crippen MR) is 127 cm³/mol. The van der Waals surface area contributed by atoms with Crippen molar-refractivity contribution in [1.29, 1.82) is 0 Å². The molecule has 0 amide bonds. The zero-order chi connectivity index (χ0) is 21.5. The Balaban J connectivity index is 1.80. The lowest BCUT2D eigenvalue weighted by Crippen LogP contribution is -2.09. The number of aryl methyl sites for hydroxylation is 2. The fourth-order valence-corrected chi connectivity index (χ4v) is 4.57. The molecule has 0 aliphatic rings. The van der Waals surface area contributed by atoms with Crippen molar-refractivity contribution in [2.24, 2.45) is 0 Å². The highest BCUT2D eigenvalue weighted by Gasteiger charge is 2.08. The number of benzene rings is 3. The van der Waals surface area contributed by atoms with E-state index in [-0.39, 0.29) is 6.61 Å². The average molecular weight is 483 g/mol. The van der Waals surface area contributed by atoms with E-state index in [1.807, 2.05) is 6.07 Å². The Hall–Kier alpha value is -2.50. The summed E-state index contributed by atoms with van der Waals surface area (Å²) >= 11 is 5.27. The molecular formula is C25H23BrO3S. The third-order valence-corrected chi connectivity index (χ3v) is 6.37. The van der Waals surface area contributed by atoms with Crippen molar-refractivity contribution in [3.8, 4) is 5.75 Å². The van der Waals surface area contributed by atoms with Crippen molar-refractivity contribution in [1.82, 2.24) is 0 Å². The van der Waals surface area contributed by atoms with Crippen LogP contribution < -0.4 is 4.74 Å². The van der Waals surface area contributed by atoms with Gasteiger partial charge < -0.3 is 9.84 Å². The van der Waals surface area contributed by atoms with Gasteiger partial charge in [-0.1, -0.05) is 65.7 Å². The first-order valence-corrected chi connectivity index (χ1v) is 11.3. The molecule has 3 aromatic carbocycles. The topological polar surface area (TPSA) is 46.5 Å². The van der Waals surface area contributed by atoms with Crippen LogP contribution in [0.25, 0.3) is 5.57 Å². The van der Waals surface area contributed by atoms with Crippen LogP contribution in [0.2, 0.25) is 0 Å². The van der Waals surface area contributed by atoms with Gasteiger partial charge in [0.05, 0.1) is 0 Å². The number of rotatable bonds is 8. The molecular weight excluding hydrogens is 460 g/mol. The Morgan fingerprint density at radius 2 is 1.63 bits per heavy atom. The van der Waals surface area contributed by atoms with Crippen molar-refractivity contribution in [3.05, 3.63) is 99.5 Å². The van der Waals surface area contributed by atoms with Crippen LogP contribution in [0.4, 0.5) is 0 Å². The van der Waals surface area contributed by atoms with E-state index in [0.717, 1.165) is 15.1 Å². The smallest absolute Gasteiger partial charge is 0.341 e. The van der Waals surface area contributed by atoms with E-state index in [1.54, 1.807) is 23.9 Å². The van der Waals surface area contributed by atoms with Crippen molar-refractivity contribution < 1.29 is 14.6 Å². The molecule has 3 aromatic rings. The van der Waals surface area contributed by atoms with Gasteiger partial charge in [-0.15, -0.1) is 11.8 Å². The molecule has 0 bridgehead atoms. The first-order chi connectivity index (χ1) is 14.4. The predicted octanol–water partition coefficient (Wildman–Crippen LogP) is 6.75. The van der Waals surface area contributed by atoms with E-state index in [0.29, 0.717) is 5.75 Å². The summed E-state index contributed by atoms with van der Waals surface area (Å²) in [6, 6.07) is 22.7. The van der Waals surface area contributed by atoms with E-state index in [4.69, 9.17) is 9.84 Å². The molecule has 0 atom stereocenters. The highest BCUT2D eigenvalue weighted by Crippen LogP contribution is 2.32. The minimum Gasteiger partial charge on any atom is -0.482 e. The van der Waals surface area contributed by atoms with Crippen LogP contribution in [0.3, 0.4) is 0 Å². The maximum Gasteiger partial charge on any atom is 0.341 e. The van der Waals surface area contributed by atoms with Crippen LogP contribution in [0, 0.1) is 13.8 Å². The summed E-state index contributed by atoms with van der Waals surface area (Å²) in [5.74, 6) is 0.337. The standard InChI is InChI=1S/C25H23BrO3S/c1-17-5-3-7-19(13-17)22(20-8-4-6-18(2)14-20)11-12-30-24-10-9-21(15-23(24)26)29-16-25(27)28/h3-11,13-15H,12,16H2,1-2H3,(H,27,28). The second kappa shape index (κ2) is 10.5. The number of aliphatic carboxylic acids is 1. The van der Waals surface area contributed by atoms with Crippen LogP contribution in [0.5, 0.6) is 5.75 Å². The van der Waals surface area contributed by atoms with Crippen LogP contribution in [0.1, 0.15) is 22.3 Å². The van der Waals surface area contributed by atoms with Crippen LogP contribution in [0.15, 0.2) is 82.2 Å². The number of carboxylic acids is 1. The zero-order valence-corrected chi connectivity index (χ0v) is 19.3. The zero-order valence-electron chi connectivity index (χ0n) is 16.9. The molecule has 0 fully saturated rings. The summed E-state index contributed by atoms with van der Waals surface area (Å²) in [7, 11) is 0. The second-order valence-electron chi connectivity index (χ2n) is 6.94. The normalized spacial score (nSPS) is 10.5. The molecule has 154 valence electrons. The lowest BCUT2D eigenvalue weighted by molar-refractivity contribution is -0.139. The molecule has 0 aromatic heterocycles. The maximum atomic E-state index is 10.7. The fraction of sp³-hybridized carbons (Fsp3) is 0.160.